The fraction of sp³-hybridized carbons (Fsp3) is 0.333. The number of ether oxygens (including phenoxy) is 2. The van der Waals surface area contributed by atoms with Crippen LogP contribution in [0.5, 0.6) is 5.75 Å². The molecular weight excluding hydrogens is 228 g/mol. The highest BCUT2D eigenvalue weighted by atomic mass is 16.8. The molecular formula is C15H14O3. The number of benzene rings is 1. The Labute approximate surface area is 105 Å². The van der Waals surface area contributed by atoms with E-state index in [1.165, 1.54) is 11.1 Å². The third kappa shape index (κ3) is 0.852. The van der Waals surface area contributed by atoms with Crippen molar-refractivity contribution in [1.82, 2.24) is 0 Å². The molecule has 1 fully saturated rings. The van der Waals surface area contributed by atoms with Crippen molar-refractivity contribution in [1.29, 1.82) is 0 Å². The van der Waals surface area contributed by atoms with Crippen LogP contribution in [0.1, 0.15) is 23.6 Å². The summed E-state index contributed by atoms with van der Waals surface area (Å²) in [6.07, 6.45) is 3.60. The first kappa shape index (κ1) is 10.2. The first-order valence-corrected chi connectivity index (χ1v) is 6.11. The maximum absolute atomic E-state index is 9.83. The van der Waals surface area contributed by atoms with Gasteiger partial charge in [0, 0.05) is 11.1 Å². The molecule has 2 aliphatic heterocycles. The van der Waals surface area contributed by atoms with Gasteiger partial charge in [0.05, 0.1) is 0 Å². The Kier molecular flexibility index (Phi) is 1.50. The number of aryl methyl sites for hydroxylation is 2. The third-order valence-corrected chi connectivity index (χ3v) is 4.36. The molecule has 2 heterocycles. The van der Waals surface area contributed by atoms with E-state index in [2.05, 4.69) is 19.9 Å². The Bertz CT molecular complexity index is 656. The summed E-state index contributed by atoms with van der Waals surface area (Å²) in [4.78, 5) is 0. The van der Waals surface area contributed by atoms with E-state index in [1.807, 2.05) is 19.1 Å². The molecule has 1 saturated heterocycles. The number of hydrogen-bond donors (Lipinski definition) is 1. The molecule has 1 aromatic rings. The van der Waals surface area contributed by atoms with Gasteiger partial charge in [0.15, 0.2) is 5.60 Å². The van der Waals surface area contributed by atoms with E-state index < -0.39 is 11.4 Å². The second kappa shape index (κ2) is 2.64. The van der Waals surface area contributed by atoms with Crippen molar-refractivity contribution in [2.75, 3.05) is 0 Å². The van der Waals surface area contributed by atoms with Crippen LogP contribution in [0.2, 0.25) is 0 Å². The second-order valence-corrected chi connectivity index (χ2v) is 5.33. The van der Waals surface area contributed by atoms with Gasteiger partial charge in [-0.25, -0.2) is 0 Å². The van der Waals surface area contributed by atoms with Gasteiger partial charge in [-0.15, -0.1) is 0 Å². The predicted octanol–water partition coefficient (Wildman–Crippen LogP) is 3.02. The molecule has 1 aliphatic carbocycles. The minimum Gasteiger partial charge on any atom is -0.508 e. The van der Waals surface area contributed by atoms with Crippen LogP contribution < -0.4 is 4.74 Å². The number of aliphatic hydroxyl groups is 1. The number of epoxide rings is 1. The quantitative estimate of drug-likeness (QED) is 0.711. The molecule has 3 nitrogen and oxygen atoms in total. The normalized spacial score (nSPS) is 34.8. The van der Waals surface area contributed by atoms with E-state index in [-0.39, 0.29) is 5.76 Å². The lowest BCUT2D eigenvalue weighted by Crippen LogP contribution is -2.27. The van der Waals surface area contributed by atoms with Gasteiger partial charge in [0.2, 0.25) is 0 Å². The van der Waals surface area contributed by atoms with E-state index in [1.54, 1.807) is 6.08 Å². The first-order chi connectivity index (χ1) is 8.50. The van der Waals surface area contributed by atoms with Gasteiger partial charge >= 0.3 is 0 Å². The van der Waals surface area contributed by atoms with Crippen LogP contribution >= 0.6 is 0 Å². The molecule has 0 bridgehead atoms. The monoisotopic (exact) mass is 242 g/mol. The predicted molar refractivity (Wildman–Crippen MR) is 66.5 cm³/mol. The Balaban J connectivity index is 1.97. The molecule has 2 unspecified atom stereocenters. The Morgan fingerprint density at radius 3 is 2.61 bits per heavy atom. The maximum Gasteiger partial charge on any atom is 0.275 e. The summed E-state index contributed by atoms with van der Waals surface area (Å²) in [5.41, 5.74) is 3.72. The summed E-state index contributed by atoms with van der Waals surface area (Å²) in [5.74, 6) is 0.307. The standard InChI is InChI=1S/C15H14O3/c1-8-6-11-13(7-9(8)2)17-15-10(3)12(16)4-5-14(11,15)18-15/h4-7,16H,1-3H3. The van der Waals surface area contributed by atoms with E-state index in [0.29, 0.717) is 0 Å². The molecule has 3 heteroatoms. The van der Waals surface area contributed by atoms with Gasteiger partial charge < -0.3 is 14.6 Å². The summed E-state index contributed by atoms with van der Waals surface area (Å²) < 4.78 is 11.9. The molecule has 1 N–H and O–H groups in total. The molecule has 0 amide bonds. The fourth-order valence-electron chi connectivity index (χ4n) is 3.00. The van der Waals surface area contributed by atoms with Gasteiger partial charge in [-0.2, -0.15) is 0 Å². The lowest BCUT2D eigenvalue weighted by molar-refractivity contribution is 0.0901. The SMILES string of the molecule is CC1=C(O)C=CC23OC12Oc1cc(C)c(C)cc13. The summed E-state index contributed by atoms with van der Waals surface area (Å²) in [5, 5.41) is 9.83. The summed E-state index contributed by atoms with van der Waals surface area (Å²) in [6, 6.07) is 4.17. The van der Waals surface area contributed by atoms with Crippen LogP contribution in [0.15, 0.2) is 35.6 Å². The van der Waals surface area contributed by atoms with Crippen LogP contribution in [-0.2, 0) is 10.3 Å². The average molecular weight is 242 g/mol. The molecule has 18 heavy (non-hydrogen) atoms. The van der Waals surface area contributed by atoms with Crippen LogP contribution in [0.4, 0.5) is 0 Å². The lowest BCUT2D eigenvalue weighted by atomic mass is 9.86. The molecule has 0 spiro atoms. The van der Waals surface area contributed by atoms with Gasteiger partial charge in [-0.05, 0) is 56.2 Å². The van der Waals surface area contributed by atoms with Crippen LogP contribution in [0, 0.1) is 13.8 Å². The minimum atomic E-state index is -0.797. The highest BCUT2D eigenvalue weighted by Gasteiger charge is 2.79. The first-order valence-electron chi connectivity index (χ1n) is 6.11. The molecule has 92 valence electrons. The minimum absolute atomic E-state index is 0.240. The molecule has 1 aromatic carbocycles. The van der Waals surface area contributed by atoms with Crippen molar-refractivity contribution in [3.05, 3.63) is 52.3 Å². The highest BCUT2D eigenvalue weighted by molar-refractivity contribution is 5.61. The van der Waals surface area contributed by atoms with Crippen molar-refractivity contribution in [3.8, 4) is 5.75 Å². The molecule has 3 aliphatic rings. The van der Waals surface area contributed by atoms with Crippen LogP contribution in [-0.4, -0.2) is 10.9 Å². The van der Waals surface area contributed by atoms with E-state index in [4.69, 9.17) is 9.47 Å². The molecule has 4 rings (SSSR count). The number of aliphatic hydroxyl groups excluding tert-OH is 1. The smallest absolute Gasteiger partial charge is 0.275 e. The Hall–Kier alpha value is -1.74. The van der Waals surface area contributed by atoms with Crippen LogP contribution in [0.3, 0.4) is 0 Å². The van der Waals surface area contributed by atoms with Gasteiger partial charge in [-0.1, -0.05) is 0 Å². The lowest BCUT2D eigenvalue weighted by Gasteiger charge is -2.15. The maximum atomic E-state index is 9.83. The zero-order valence-electron chi connectivity index (χ0n) is 10.6. The average Bonchev–Trinajstić information content (AvgIpc) is 2.93. The van der Waals surface area contributed by atoms with Crippen molar-refractivity contribution in [3.63, 3.8) is 0 Å². The molecule has 0 aromatic heterocycles. The molecule has 0 radical (unpaired) electrons. The molecule has 2 atom stereocenters. The number of hydrogen-bond acceptors (Lipinski definition) is 3. The van der Waals surface area contributed by atoms with Crippen molar-refractivity contribution >= 4 is 0 Å². The van der Waals surface area contributed by atoms with E-state index in [0.717, 1.165) is 16.9 Å². The third-order valence-electron chi connectivity index (χ3n) is 4.36. The Morgan fingerprint density at radius 1 is 1.11 bits per heavy atom. The highest BCUT2D eigenvalue weighted by Crippen LogP contribution is 2.69. The number of rotatable bonds is 0. The van der Waals surface area contributed by atoms with E-state index in [9.17, 15) is 5.11 Å². The van der Waals surface area contributed by atoms with Gasteiger partial charge in [-0.3, -0.25) is 0 Å². The second-order valence-electron chi connectivity index (χ2n) is 5.33. The number of allylic oxidation sites excluding steroid dienone is 1. The zero-order chi connectivity index (χ0) is 12.7. The summed E-state index contributed by atoms with van der Waals surface area (Å²) in [6.45, 7) is 6.01. The largest absolute Gasteiger partial charge is 0.508 e. The van der Waals surface area contributed by atoms with Crippen molar-refractivity contribution in [2.24, 2.45) is 0 Å². The molecule has 0 saturated carbocycles. The van der Waals surface area contributed by atoms with E-state index >= 15 is 0 Å². The van der Waals surface area contributed by atoms with Gasteiger partial charge in [0.1, 0.15) is 11.5 Å². The summed E-state index contributed by atoms with van der Waals surface area (Å²) >= 11 is 0. The van der Waals surface area contributed by atoms with Gasteiger partial charge in [0.25, 0.3) is 5.79 Å². The summed E-state index contributed by atoms with van der Waals surface area (Å²) in [7, 11) is 0. The van der Waals surface area contributed by atoms with Crippen molar-refractivity contribution in [2.45, 2.75) is 32.2 Å². The van der Waals surface area contributed by atoms with Crippen molar-refractivity contribution < 1.29 is 14.6 Å². The van der Waals surface area contributed by atoms with Crippen LogP contribution in [0.25, 0.3) is 0 Å². The number of fused-ring (bicyclic) bond motifs is 1. The zero-order valence-corrected chi connectivity index (χ0v) is 10.6. The topological polar surface area (TPSA) is 42.0 Å². The Morgan fingerprint density at radius 2 is 1.83 bits per heavy atom. The fourth-order valence-corrected chi connectivity index (χ4v) is 3.00.